The van der Waals surface area contributed by atoms with Crippen molar-refractivity contribution in [2.24, 2.45) is 0 Å². The van der Waals surface area contributed by atoms with Crippen LogP contribution in [0.1, 0.15) is 42.1 Å². The third-order valence-corrected chi connectivity index (χ3v) is 4.12. The lowest BCUT2D eigenvalue weighted by Gasteiger charge is -2.14. The lowest BCUT2D eigenvalue weighted by molar-refractivity contribution is -0.118. The highest BCUT2D eigenvalue weighted by atomic mass is 16.5. The summed E-state index contributed by atoms with van der Waals surface area (Å²) in [6.07, 6.45) is 0.744. The SMILES string of the molecule is COCCCNC(=O)c1cccc(NC(=O)COc2ccccc2C(C)C)c1. The van der Waals surface area contributed by atoms with Crippen molar-refractivity contribution in [3.05, 3.63) is 59.7 Å². The molecule has 0 unspecified atom stereocenters. The second-order valence-corrected chi connectivity index (χ2v) is 6.71. The van der Waals surface area contributed by atoms with E-state index in [9.17, 15) is 9.59 Å². The van der Waals surface area contributed by atoms with Gasteiger partial charge >= 0.3 is 0 Å². The molecule has 0 saturated carbocycles. The first kappa shape index (κ1) is 21.4. The van der Waals surface area contributed by atoms with Gasteiger partial charge in [-0.05, 0) is 42.2 Å². The Hall–Kier alpha value is -2.86. The summed E-state index contributed by atoms with van der Waals surface area (Å²) in [5.41, 5.74) is 2.10. The molecule has 0 atom stereocenters. The van der Waals surface area contributed by atoms with Crippen molar-refractivity contribution in [2.45, 2.75) is 26.2 Å². The molecule has 0 radical (unpaired) electrons. The van der Waals surface area contributed by atoms with E-state index in [4.69, 9.17) is 9.47 Å². The molecule has 6 nitrogen and oxygen atoms in total. The van der Waals surface area contributed by atoms with E-state index in [0.29, 0.717) is 36.1 Å². The fraction of sp³-hybridized carbons (Fsp3) is 0.364. The number of carbonyl (C=O) groups excluding carboxylic acids is 2. The van der Waals surface area contributed by atoms with Gasteiger partial charge < -0.3 is 20.1 Å². The van der Waals surface area contributed by atoms with Gasteiger partial charge in [0.25, 0.3) is 11.8 Å². The lowest BCUT2D eigenvalue weighted by atomic mass is 10.0. The van der Waals surface area contributed by atoms with Crippen molar-refractivity contribution in [2.75, 3.05) is 32.2 Å². The highest BCUT2D eigenvalue weighted by molar-refractivity contribution is 5.97. The van der Waals surface area contributed by atoms with Crippen LogP contribution in [0.5, 0.6) is 5.75 Å². The normalized spacial score (nSPS) is 10.6. The fourth-order valence-electron chi connectivity index (χ4n) is 2.69. The maximum absolute atomic E-state index is 12.2. The van der Waals surface area contributed by atoms with Gasteiger partial charge in [0.1, 0.15) is 5.75 Å². The number of nitrogens with one attached hydrogen (secondary N) is 2. The summed E-state index contributed by atoms with van der Waals surface area (Å²) >= 11 is 0. The first-order valence-corrected chi connectivity index (χ1v) is 9.40. The van der Waals surface area contributed by atoms with Gasteiger partial charge in [0.15, 0.2) is 6.61 Å². The molecular weight excluding hydrogens is 356 g/mol. The third-order valence-electron chi connectivity index (χ3n) is 4.12. The molecule has 0 heterocycles. The Bertz CT molecular complexity index is 790. The van der Waals surface area contributed by atoms with Gasteiger partial charge in [0, 0.05) is 31.5 Å². The first-order valence-electron chi connectivity index (χ1n) is 9.40. The van der Waals surface area contributed by atoms with E-state index < -0.39 is 0 Å². The predicted octanol–water partition coefficient (Wildman–Crippen LogP) is 3.59. The van der Waals surface area contributed by atoms with Crippen LogP contribution in [0, 0.1) is 0 Å². The zero-order chi connectivity index (χ0) is 20.4. The molecule has 0 aromatic heterocycles. The average Bonchev–Trinajstić information content (AvgIpc) is 2.70. The molecule has 0 aliphatic rings. The monoisotopic (exact) mass is 384 g/mol. The minimum Gasteiger partial charge on any atom is -0.483 e. The van der Waals surface area contributed by atoms with Gasteiger partial charge in [-0.3, -0.25) is 9.59 Å². The van der Waals surface area contributed by atoms with E-state index in [1.165, 1.54) is 0 Å². The average molecular weight is 384 g/mol. The zero-order valence-corrected chi connectivity index (χ0v) is 16.7. The Morgan fingerprint density at radius 3 is 2.61 bits per heavy atom. The topological polar surface area (TPSA) is 76.7 Å². The van der Waals surface area contributed by atoms with Gasteiger partial charge in [0.2, 0.25) is 0 Å². The number of ether oxygens (including phenoxy) is 2. The van der Waals surface area contributed by atoms with Crippen LogP contribution in [0.25, 0.3) is 0 Å². The van der Waals surface area contributed by atoms with Crippen molar-refractivity contribution in [1.82, 2.24) is 5.32 Å². The molecular formula is C22H28N2O4. The maximum atomic E-state index is 12.2. The number of benzene rings is 2. The third kappa shape index (κ3) is 6.70. The second kappa shape index (κ2) is 11.1. The summed E-state index contributed by atoms with van der Waals surface area (Å²) in [6.45, 7) is 5.18. The highest BCUT2D eigenvalue weighted by Crippen LogP contribution is 2.25. The van der Waals surface area contributed by atoms with Crippen LogP contribution in [-0.2, 0) is 9.53 Å². The summed E-state index contributed by atoms with van der Waals surface area (Å²) in [4.78, 5) is 24.4. The number of carbonyl (C=O) groups is 2. The zero-order valence-electron chi connectivity index (χ0n) is 16.7. The van der Waals surface area contributed by atoms with Crippen molar-refractivity contribution in [3.8, 4) is 5.75 Å². The standard InChI is InChI=1S/C22H28N2O4/c1-16(2)19-10-4-5-11-20(19)28-15-21(25)24-18-9-6-8-17(14-18)22(26)23-12-7-13-27-3/h4-6,8-11,14,16H,7,12-13,15H2,1-3H3,(H,23,26)(H,24,25). The van der Waals surface area contributed by atoms with Gasteiger partial charge in [-0.1, -0.05) is 38.1 Å². The summed E-state index contributed by atoms with van der Waals surface area (Å²) in [5, 5.41) is 5.59. The molecule has 0 spiro atoms. The molecule has 0 bridgehead atoms. The summed E-state index contributed by atoms with van der Waals surface area (Å²) in [5.74, 6) is 0.542. The molecule has 0 fully saturated rings. The minimum atomic E-state index is -0.281. The fourth-order valence-corrected chi connectivity index (χ4v) is 2.69. The molecule has 6 heteroatoms. The molecule has 2 N–H and O–H groups in total. The summed E-state index contributed by atoms with van der Waals surface area (Å²) < 4.78 is 10.6. The number of anilines is 1. The van der Waals surface area contributed by atoms with Crippen LogP contribution in [0.15, 0.2) is 48.5 Å². The first-order chi connectivity index (χ1) is 13.5. The van der Waals surface area contributed by atoms with E-state index >= 15 is 0 Å². The summed E-state index contributed by atoms with van der Waals surface area (Å²) in [7, 11) is 1.62. The minimum absolute atomic E-state index is 0.100. The van der Waals surface area contributed by atoms with Crippen LogP contribution in [0.2, 0.25) is 0 Å². The Morgan fingerprint density at radius 2 is 1.86 bits per heavy atom. The van der Waals surface area contributed by atoms with Crippen LogP contribution in [0.3, 0.4) is 0 Å². The maximum Gasteiger partial charge on any atom is 0.262 e. The van der Waals surface area contributed by atoms with E-state index in [-0.39, 0.29) is 18.4 Å². The molecule has 2 aromatic carbocycles. The van der Waals surface area contributed by atoms with Crippen molar-refractivity contribution in [3.63, 3.8) is 0 Å². The summed E-state index contributed by atoms with van der Waals surface area (Å²) in [6, 6.07) is 14.5. The second-order valence-electron chi connectivity index (χ2n) is 6.71. The number of hydrogen-bond donors (Lipinski definition) is 2. The quantitative estimate of drug-likeness (QED) is 0.614. The van der Waals surface area contributed by atoms with E-state index in [1.54, 1.807) is 31.4 Å². The van der Waals surface area contributed by atoms with Gasteiger partial charge in [-0.25, -0.2) is 0 Å². The van der Waals surface area contributed by atoms with E-state index in [0.717, 1.165) is 12.0 Å². The largest absolute Gasteiger partial charge is 0.483 e. The Morgan fingerprint density at radius 1 is 1.07 bits per heavy atom. The molecule has 0 aliphatic heterocycles. The molecule has 2 amide bonds. The van der Waals surface area contributed by atoms with Gasteiger partial charge in [-0.2, -0.15) is 0 Å². The van der Waals surface area contributed by atoms with E-state index in [1.807, 2.05) is 24.3 Å². The number of methoxy groups -OCH3 is 1. The lowest BCUT2D eigenvalue weighted by Crippen LogP contribution is -2.25. The molecule has 0 aliphatic carbocycles. The van der Waals surface area contributed by atoms with Crippen molar-refractivity contribution in [1.29, 1.82) is 0 Å². The smallest absolute Gasteiger partial charge is 0.262 e. The van der Waals surface area contributed by atoms with Crippen LogP contribution < -0.4 is 15.4 Å². The molecule has 0 saturated heterocycles. The number of hydrogen-bond acceptors (Lipinski definition) is 4. The van der Waals surface area contributed by atoms with Crippen LogP contribution in [-0.4, -0.2) is 38.7 Å². The molecule has 150 valence electrons. The van der Waals surface area contributed by atoms with Crippen LogP contribution in [0.4, 0.5) is 5.69 Å². The van der Waals surface area contributed by atoms with Gasteiger partial charge in [-0.15, -0.1) is 0 Å². The van der Waals surface area contributed by atoms with Gasteiger partial charge in [0.05, 0.1) is 0 Å². The molecule has 2 aromatic rings. The number of rotatable bonds is 10. The van der Waals surface area contributed by atoms with Crippen LogP contribution >= 0.6 is 0 Å². The Labute approximate surface area is 166 Å². The van der Waals surface area contributed by atoms with Crippen molar-refractivity contribution >= 4 is 17.5 Å². The Balaban J connectivity index is 1.89. The molecule has 28 heavy (non-hydrogen) atoms. The Kier molecular flexibility index (Phi) is 8.49. The number of amides is 2. The predicted molar refractivity (Wildman–Crippen MR) is 110 cm³/mol. The molecule has 2 rings (SSSR count). The van der Waals surface area contributed by atoms with E-state index in [2.05, 4.69) is 24.5 Å². The highest BCUT2D eigenvalue weighted by Gasteiger charge is 2.11. The van der Waals surface area contributed by atoms with Crippen molar-refractivity contribution < 1.29 is 19.1 Å². The number of para-hydroxylation sites is 1.